The quantitative estimate of drug-likeness (QED) is 0.590. The van der Waals surface area contributed by atoms with Crippen molar-refractivity contribution in [1.82, 2.24) is 4.31 Å². The molecule has 1 fully saturated rings. The Kier molecular flexibility index (Phi) is 5.70. The summed E-state index contributed by atoms with van der Waals surface area (Å²) in [6, 6.07) is 4.83. The van der Waals surface area contributed by atoms with Crippen LogP contribution in [-0.2, 0) is 29.1 Å². The maximum Gasteiger partial charge on any atom is 0.419 e. The molecule has 0 spiro atoms. The van der Waals surface area contributed by atoms with Crippen LogP contribution in [0, 0.1) is 0 Å². The summed E-state index contributed by atoms with van der Waals surface area (Å²) in [5.74, 6) is -8.32. The van der Waals surface area contributed by atoms with E-state index in [-0.39, 0.29) is 36.9 Å². The van der Waals surface area contributed by atoms with Gasteiger partial charge in [-0.3, -0.25) is 4.79 Å². The summed E-state index contributed by atoms with van der Waals surface area (Å²) in [4.78, 5) is 22.3. The molecule has 138 valence electrons. The molecule has 1 aromatic carbocycles. The molecule has 1 aromatic rings. The van der Waals surface area contributed by atoms with E-state index in [4.69, 9.17) is 4.74 Å². The maximum absolute atomic E-state index is 13.5. The molecule has 1 aliphatic rings. The standard InChI is InChI=1S/C14H16F2N2O6S/c1-23-13(20)14(15,16)12(19)17-10-3-2-4-11(9-10)25(21,22)18-5-7-24-8-6-18/h2-4,9H,5-8H2,1H3,(H,17,19). The predicted octanol–water partition coefficient (Wildman–Crippen LogP) is 0.454. The average molecular weight is 378 g/mol. The van der Waals surface area contributed by atoms with Crippen molar-refractivity contribution in [3.05, 3.63) is 24.3 Å². The lowest BCUT2D eigenvalue weighted by molar-refractivity contribution is -0.173. The van der Waals surface area contributed by atoms with Gasteiger partial charge in [-0.15, -0.1) is 0 Å². The SMILES string of the molecule is COC(=O)C(F)(F)C(=O)Nc1cccc(S(=O)(=O)N2CCOCC2)c1. The highest BCUT2D eigenvalue weighted by Crippen LogP contribution is 2.23. The average Bonchev–Trinajstić information content (AvgIpc) is 2.61. The van der Waals surface area contributed by atoms with E-state index in [0.29, 0.717) is 0 Å². The minimum atomic E-state index is -4.40. The van der Waals surface area contributed by atoms with E-state index in [1.807, 2.05) is 5.32 Å². The lowest BCUT2D eigenvalue weighted by atomic mass is 10.2. The van der Waals surface area contributed by atoms with Gasteiger partial charge in [0.15, 0.2) is 0 Å². The number of nitrogens with zero attached hydrogens (tertiary/aromatic N) is 1. The zero-order valence-electron chi connectivity index (χ0n) is 13.2. The van der Waals surface area contributed by atoms with Crippen molar-refractivity contribution in [2.24, 2.45) is 0 Å². The van der Waals surface area contributed by atoms with Crippen LogP contribution in [0.25, 0.3) is 0 Å². The molecule has 1 heterocycles. The number of hydrogen-bond acceptors (Lipinski definition) is 6. The van der Waals surface area contributed by atoms with Crippen molar-refractivity contribution in [2.75, 3.05) is 38.7 Å². The fourth-order valence-corrected chi connectivity index (χ4v) is 3.56. The Morgan fingerprint density at radius 1 is 1.28 bits per heavy atom. The van der Waals surface area contributed by atoms with Crippen LogP contribution in [0.5, 0.6) is 0 Å². The number of nitrogens with one attached hydrogen (secondary N) is 1. The van der Waals surface area contributed by atoms with Crippen molar-refractivity contribution in [3.8, 4) is 0 Å². The predicted molar refractivity (Wildman–Crippen MR) is 81.6 cm³/mol. The highest BCUT2D eigenvalue weighted by atomic mass is 32.2. The molecule has 11 heteroatoms. The third-order valence-corrected chi connectivity index (χ3v) is 5.32. The van der Waals surface area contributed by atoms with E-state index in [9.17, 15) is 26.8 Å². The number of alkyl halides is 2. The molecule has 0 atom stereocenters. The number of morpholine rings is 1. The van der Waals surface area contributed by atoms with Gasteiger partial charge < -0.3 is 14.8 Å². The second-order valence-corrected chi connectivity index (χ2v) is 7.00. The normalized spacial score (nSPS) is 16.3. The number of anilines is 1. The van der Waals surface area contributed by atoms with Crippen LogP contribution in [0.3, 0.4) is 0 Å². The third kappa shape index (κ3) is 4.11. The van der Waals surface area contributed by atoms with Gasteiger partial charge in [0.05, 0.1) is 25.2 Å². The van der Waals surface area contributed by atoms with Crippen LogP contribution in [0.15, 0.2) is 29.2 Å². The lowest BCUT2D eigenvalue weighted by Crippen LogP contribution is -2.43. The number of amides is 1. The van der Waals surface area contributed by atoms with Gasteiger partial charge in [0.25, 0.3) is 0 Å². The molecule has 1 saturated heterocycles. The Morgan fingerprint density at radius 3 is 2.52 bits per heavy atom. The van der Waals surface area contributed by atoms with Crippen LogP contribution in [0.1, 0.15) is 0 Å². The van der Waals surface area contributed by atoms with Crippen molar-refractivity contribution in [3.63, 3.8) is 0 Å². The van der Waals surface area contributed by atoms with Crippen LogP contribution in [0.4, 0.5) is 14.5 Å². The first-order valence-electron chi connectivity index (χ1n) is 7.15. The minimum absolute atomic E-state index is 0.166. The number of carbonyl (C=O) groups excluding carboxylic acids is 2. The first-order valence-corrected chi connectivity index (χ1v) is 8.59. The molecule has 1 amide bonds. The van der Waals surface area contributed by atoms with Crippen LogP contribution >= 0.6 is 0 Å². The number of ether oxygens (including phenoxy) is 2. The number of sulfonamides is 1. The van der Waals surface area contributed by atoms with Gasteiger partial charge in [-0.25, -0.2) is 13.2 Å². The van der Waals surface area contributed by atoms with Gasteiger partial charge >= 0.3 is 17.8 Å². The fourth-order valence-electron chi connectivity index (χ4n) is 2.10. The van der Waals surface area contributed by atoms with Gasteiger partial charge in [0.1, 0.15) is 0 Å². The highest BCUT2D eigenvalue weighted by Gasteiger charge is 2.48. The summed E-state index contributed by atoms with van der Waals surface area (Å²) in [7, 11) is -3.13. The number of esters is 1. The van der Waals surface area contributed by atoms with E-state index >= 15 is 0 Å². The van der Waals surface area contributed by atoms with E-state index in [0.717, 1.165) is 13.2 Å². The first kappa shape index (κ1) is 19.2. The van der Waals surface area contributed by atoms with E-state index in [1.165, 1.54) is 22.5 Å². The largest absolute Gasteiger partial charge is 0.464 e. The third-order valence-electron chi connectivity index (χ3n) is 3.43. The Balaban J connectivity index is 2.21. The molecular formula is C14H16F2N2O6S. The van der Waals surface area contributed by atoms with Gasteiger partial charge in [0.2, 0.25) is 10.0 Å². The summed E-state index contributed by atoms with van der Waals surface area (Å²) in [6.07, 6.45) is 0. The summed E-state index contributed by atoms with van der Waals surface area (Å²) < 4.78 is 62.2. The van der Waals surface area contributed by atoms with E-state index in [1.54, 1.807) is 0 Å². The number of benzene rings is 1. The van der Waals surface area contributed by atoms with Gasteiger partial charge in [-0.2, -0.15) is 13.1 Å². The fraction of sp³-hybridized carbons (Fsp3) is 0.429. The minimum Gasteiger partial charge on any atom is -0.464 e. The monoisotopic (exact) mass is 378 g/mol. The molecule has 8 nitrogen and oxygen atoms in total. The Bertz CT molecular complexity index is 762. The molecule has 0 saturated carbocycles. The van der Waals surface area contributed by atoms with E-state index < -0.39 is 27.8 Å². The lowest BCUT2D eigenvalue weighted by Gasteiger charge is -2.26. The zero-order chi connectivity index (χ0) is 18.7. The van der Waals surface area contributed by atoms with Gasteiger partial charge in [0, 0.05) is 18.8 Å². The molecule has 0 radical (unpaired) electrons. The number of carbonyl (C=O) groups is 2. The van der Waals surface area contributed by atoms with Gasteiger partial charge in [-0.05, 0) is 18.2 Å². The van der Waals surface area contributed by atoms with Crippen LogP contribution in [0.2, 0.25) is 0 Å². The highest BCUT2D eigenvalue weighted by molar-refractivity contribution is 7.89. The number of methoxy groups -OCH3 is 1. The number of rotatable bonds is 5. The molecular weight excluding hydrogens is 362 g/mol. The van der Waals surface area contributed by atoms with Crippen molar-refractivity contribution < 1.29 is 36.3 Å². The number of halogens is 2. The van der Waals surface area contributed by atoms with Crippen molar-refractivity contribution >= 4 is 27.6 Å². The summed E-state index contributed by atoms with van der Waals surface area (Å²) >= 11 is 0. The molecule has 25 heavy (non-hydrogen) atoms. The smallest absolute Gasteiger partial charge is 0.419 e. The molecule has 2 rings (SSSR count). The molecule has 1 aliphatic heterocycles. The van der Waals surface area contributed by atoms with Gasteiger partial charge in [-0.1, -0.05) is 6.07 Å². The molecule has 0 aromatic heterocycles. The number of hydrogen-bond donors (Lipinski definition) is 1. The van der Waals surface area contributed by atoms with Crippen molar-refractivity contribution in [2.45, 2.75) is 10.8 Å². The van der Waals surface area contributed by atoms with E-state index in [2.05, 4.69) is 4.74 Å². The Hall–Kier alpha value is -2.11. The second kappa shape index (κ2) is 7.42. The Labute approximate surface area is 142 Å². The topological polar surface area (TPSA) is 102 Å². The van der Waals surface area contributed by atoms with Crippen LogP contribution < -0.4 is 5.32 Å². The molecule has 0 unspecified atom stereocenters. The zero-order valence-corrected chi connectivity index (χ0v) is 14.0. The van der Waals surface area contributed by atoms with Crippen molar-refractivity contribution in [1.29, 1.82) is 0 Å². The first-order chi connectivity index (χ1) is 11.7. The second-order valence-electron chi connectivity index (χ2n) is 5.06. The van der Waals surface area contributed by atoms with Crippen LogP contribution in [-0.4, -0.2) is 63.9 Å². The summed E-state index contributed by atoms with van der Waals surface area (Å²) in [5.41, 5.74) is -0.192. The summed E-state index contributed by atoms with van der Waals surface area (Å²) in [6.45, 7) is 0.834. The summed E-state index contributed by atoms with van der Waals surface area (Å²) in [5, 5.41) is 1.82. The maximum atomic E-state index is 13.5. The Morgan fingerprint density at radius 2 is 1.92 bits per heavy atom. The molecule has 0 bridgehead atoms. The molecule has 1 N–H and O–H groups in total. The molecule has 0 aliphatic carbocycles.